The first-order valence-electron chi connectivity index (χ1n) is 23.4. The van der Waals surface area contributed by atoms with Gasteiger partial charge in [-0.2, -0.15) is 0 Å². The van der Waals surface area contributed by atoms with Gasteiger partial charge in [-0.15, -0.1) is 0 Å². The topological polar surface area (TPSA) is 163 Å². The van der Waals surface area contributed by atoms with E-state index in [0.717, 1.165) is 53.6 Å². The number of carbonyl (C=O) groups excluding carboxylic acids is 5. The molecule has 2 unspecified atom stereocenters. The molecule has 4 amide bonds. The molecule has 5 heterocycles. The Kier molecular flexibility index (Phi) is 14.9. The number of benzene rings is 3. The van der Waals surface area contributed by atoms with Crippen LogP contribution in [0, 0.1) is 13.8 Å². The third-order valence-corrected chi connectivity index (χ3v) is 12.7. The van der Waals surface area contributed by atoms with Crippen LogP contribution in [-0.4, -0.2) is 88.6 Å². The zero-order valence-corrected chi connectivity index (χ0v) is 39.3. The molecule has 356 valence electrons. The molecule has 3 atom stereocenters. The molecular formula is C53H60N6O9. The third kappa shape index (κ3) is 10.9. The Labute approximate surface area is 397 Å². The summed E-state index contributed by atoms with van der Waals surface area (Å²) in [6.45, 7) is 8.79. The van der Waals surface area contributed by atoms with E-state index in [4.69, 9.17) is 18.9 Å². The SMILES string of the molecule is C=CCOC(=O)N1c2cc(OCCCC(=O)Nc3cc(C(=O)Cc4ccc(-c5cc(C(=O)Nc6ccc(C)cc6)n(C)c5)cc4)n(C)c3)c(C)cc2C(=O)N2CCCC[C@H]2C1OC1CCCCO1. The van der Waals surface area contributed by atoms with E-state index in [0.29, 0.717) is 72.1 Å². The number of piperidine rings is 1. The van der Waals surface area contributed by atoms with Crippen LogP contribution < -0.4 is 20.3 Å². The van der Waals surface area contributed by atoms with Crippen molar-refractivity contribution in [1.82, 2.24) is 14.0 Å². The number of Topliss-reactive ketones (excluding diaryl/α,β-unsaturated/α-hetero) is 1. The number of hydrogen-bond acceptors (Lipinski definition) is 9. The lowest BCUT2D eigenvalue weighted by molar-refractivity contribution is -0.198. The van der Waals surface area contributed by atoms with E-state index in [9.17, 15) is 24.0 Å². The lowest BCUT2D eigenvalue weighted by Crippen LogP contribution is -2.57. The quantitative estimate of drug-likeness (QED) is 0.0559. The third-order valence-electron chi connectivity index (χ3n) is 12.7. The van der Waals surface area contributed by atoms with Gasteiger partial charge >= 0.3 is 6.09 Å². The number of amides is 4. The van der Waals surface area contributed by atoms with Crippen molar-refractivity contribution in [2.45, 2.75) is 90.2 Å². The first-order valence-corrected chi connectivity index (χ1v) is 23.4. The first-order chi connectivity index (χ1) is 32.9. The van der Waals surface area contributed by atoms with Crippen molar-refractivity contribution in [3.63, 3.8) is 0 Å². The predicted octanol–water partition coefficient (Wildman–Crippen LogP) is 9.13. The Hall–Kier alpha value is -6.97. The van der Waals surface area contributed by atoms with Crippen LogP contribution in [0.1, 0.15) is 99.4 Å². The molecule has 0 bridgehead atoms. The molecule has 2 aromatic heterocycles. The zero-order chi connectivity index (χ0) is 47.9. The fraction of sp³-hybridized carbons (Fsp3) is 0.377. The van der Waals surface area contributed by atoms with Gasteiger partial charge in [0, 0.05) is 69.8 Å². The summed E-state index contributed by atoms with van der Waals surface area (Å²) in [6, 6.07) is 21.9. The largest absolute Gasteiger partial charge is 0.493 e. The molecule has 3 aliphatic rings. The molecule has 3 aromatic carbocycles. The number of nitrogens with one attached hydrogen (secondary N) is 2. The summed E-state index contributed by atoms with van der Waals surface area (Å²) < 4.78 is 27.9. The van der Waals surface area contributed by atoms with Crippen molar-refractivity contribution in [2.24, 2.45) is 14.1 Å². The molecule has 0 aliphatic carbocycles. The van der Waals surface area contributed by atoms with E-state index in [1.165, 1.54) is 11.0 Å². The average Bonchev–Trinajstić information content (AvgIpc) is 3.89. The Morgan fingerprint density at radius 1 is 0.838 bits per heavy atom. The highest BCUT2D eigenvalue weighted by Gasteiger charge is 2.46. The summed E-state index contributed by atoms with van der Waals surface area (Å²) >= 11 is 0. The van der Waals surface area contributed by atoms with Crippen molar-refractivity contribution in [2.75, 3.05) is 41.9 Å². The maximum absolute atomic E-state index is 14.2. The van der Waals surface area contributed by atoms with Crippen LogP contribution in [-0.2, 0) is 39.5 Å². The maximum Gasteiger partial charge on any atom is 0.416 e. The number of nitrogens with zero attached hydrogens (tertiary/aromatic N) is 4. The molecular weight excluding hydrogens is 865 g/mol. The van der Waals surface area contributed by atoms with E-state index in [-0.39, 0.29) is 49.6 Å². The van der Waals surface area contributed by atoms with Gasteiger partial charge in [-0.1, -0.05) is 54.6 Å². The van der Waals surface area contributed by atoms with Gasteiger partial charge in [0.15, 0.2) is 18.3 Å². The molecule has 2 fully saturated rings. The normalized spacial score (nSPS) is 17.9. The standard InChI is InChI=1S/C53H60N6O9/c1-6-24-67-53(64)59-43-31-47(35(3)27-41(43)51(63)58-23-9-7-12-42(58)52(59)68-49-14-8-10-25-66-49)65-26-11-13-48(61)54-40-30-44(57(5)33-40)46(60)28-36-17-19-37(20-18-36)38-29-45(56(4)32-38)50(62)55-39-21-15-34(2)16-22-39/h6,15-22,27,29-33,42,49,52H,1,7-14,23-26,28H2,2-5H3,(H,54,61)(H,55,62)/t42-,49?,52?/m0/s1. The fourth-order valence-corrected chi connectivity index (χ4v) is 9.12. The molecule has 0 radical (unpaired) electrons. The van der Waals surface area contributed by atoms with Crippen LogP contribution in [0.25, 0.3) is 11.1 Å². The van der Waals surface area contributed by atoms with Crippen LogP contribution in [0.4, 0.5) is 21.9 Å². The van der Waals surface area contributed by atoms with Crippen molar-refractivity contribution in [3.8, 4) is 16.9 Å². The molecule has 2 N–H and O–H groups in total. The number of ketones is 1. The minimum absolute atomic E-state index is 0.0242. The number of fused-ring (bicyclic) bond motifs is 2. The molecule has 15 nitrogen and oxygen atoms in total. The number of ether oxygens (including phenoxy) is 4. The van der Waals surface area contributed by atoms with Gasteiger partial charge in [0.2, 0.25) is 5.91 Å². The smallest absolute Gasteiger partial charge is 0.416 e. The van der Waals surface area contributed by atoms with Gasteiger partial charge < -0.3 is 43.6 Å². The van der Waals surface area contributed by atoms with Gasteiger partial charge in [-0.05, 0) is 106 Å². The van der Waals surface area contributed by atoms with E-state index >= 15 is 0 Å². The molecule has 2 saturated heterocycles. The molecule has 68 heavy (non-hydrogen) atoms. The van der Waals surface area contributed by atoms with Gasteiger partial charge in [-0.25, -0.2) is 9.69 Å². The van der Waals surface area contributed by atoms with Gasteiger partial charge in [0.25, 0.3) is 11.8 Å². The Bertz CT molecular complexity index is 2660. The molecule has 0 saturated carbocycles. The summed E-state index contributed by atoms with van der Waals surface area (Å²) in [5.41, 5.74) is 7.32. The van der Waals surface area contributed by atoms with Crippen molar-refractivity contribution in [3.05, 3.63) is 131 Å². The van der Waals surface area contributed by atoms with Crippen LogP contribution in [0.15, 0.2) is 97.8 Å². The average molecular weight is 925 g/mol. The second-order valence-electron chi connectivity index (χ2n) is 17.8. The molecule has 8 rings (SSSR count). The highest BCUT2D eigenvalue weighted by atomic mass is 16.7. The Morgan fingerprint density at radius 2 is 1.60 bits per heavy atom. The van der Waals surface area contributed by atoms with Gasteiger partial charge in [0.05, 0.1) is 35.3 Å². The van der Waals surface area contributed by atoms with E-state index < -0.39 is 24.7 Å². The van der Waals surface area contributed by atoms with E-state index in [2.05, 4.69) is 17.2 Å². The number of anilines is 3. The molecule has 5 aromatic rings. The molecule has 3 aliphatic heterocycles. The zero-order valence-electron chi connectivity index (χ0n) is 39.3. The predicted molar refractivity (Wildman–Crippen MR) is 259 cm³/mol. The second kappa shape index (κ2) is 21.3. The fourth-order valence-electron chi connectivity index (χ4n) is 9.12. The minimum Gasteiger partial charge on any atom is -0.493 e. The second-order valence-corrected chi connectivity index (χ2v) is 17.8. The highest BCUT2D eigenvalue weighted by Crippen LogP contribution is 2.40. The van der Waals surface area contributed by atoms with Gasteiger partial charge in [0.1, 0.15) is 18.1 Å². The Balaban J connectivity index is 0.871. The summed E-state index contributed by atoms with van der Waals surface area (Å²) in [5, 5.41) is 5.86. The summed E-state index contributed by atoms with van der Waals surface area (Å²) in [7, 11) is 3.60. The van der Waals surface area contributed by atoms with Crippen LogP contribution in [0.5, 0.6) is 5.75 Å². The summed E-state index contributed by atoms with van der Waals surface area (Å²) in [5.74, 6) is -0.281. The molecule has 15 heteroatoms. The number of aryl methyl sites for hydroxylation is 4. The lowest BCUT2D eigenvalue weighted by atomic mass is 10.00. The van der Waals surface area contributed by atoms with Crippen LogP contribution >= 0.6 is 0 Å². The number of carbonyl (C=O) groups is 5. The highest BCUT2D eigenvalue weighted by molar-refractivity contribution is 6.06. The van der Waals surface area contributed by atoms with E-state index in [1.807, 2.05) is 86.6 Å². The minimum atomic E-state index is -0.858. The number of aromatic nitrogens is 2. The maximum atomic E-state index is 14.2. The number of hydrogen-bond donors (Lipinski definition) is 2. The van der Waals surface area contributed by atoms with Crippen LogP contribution in [0.3, 0.4) is 0 Å². The van der Waals surface area contributed by atoms with Crippen molar-refractivity contribution < 1.29 is 42.9 Å². The molecule has 0 spiro atoms. The van der Waals surface area contributed by atoms with E-state index in [1.54, 1.807) is 40.6 Å². The lowest BCUT2D eigenvalue weighted by Gasteiger charge is -2.42. The van der Waals surface area contributed by atoms with Crippen molar-refractivity contribution in [1.29, 1.82) is 0 Å². The monoisotopic (exact) mass is 924 g/mol. The summed E-state index contributed by atoms with van der Waals surface area (Å²) in [4.78, 5) is 71.1. The first kappa shape index (κ1) is 47.5. The Morgan fingerprint density at radius 3 is 2.35 bits per heavy atom. The van der Waals surface area contributed by atoms with Crippen LogP contribution in [0.2, 0.25) is 0 Å². The number of rotatable bonds is 16. The van der Waals surface area contributed by atoms with Gasteiger partial charge in [-0.3, -0.25) is 19.2 Å². The van der Waals surface area contributed by atoms with Crippen molar-refractivity contribution >= 4 is 46.7 Å². The summed E-state index contributed by atoms with van der Waals surface area (Å²) in [6.07, 6.45) is 8.62.